The van der Waals surface area contributed by atoms with Gasteiger partial charge in [0.25, 0.3) is 5.91 Å². The molecule has 26 heavy (non-hydrogen) atoms. The van der Waals surface area contributed by atoms with Gasteiger partial charge in [-0.1, -0.05) is 11.6 Å². The molecule has 1 atom stereocenters. The standard InChI is InChI=1S/C18H16ClNO6/c1-9-5-13(19)3-4-15(9)26-10(2)16(21)20-14-7-11(17(22)23)6-12(8-14)18(24)25/h3-8,10H,1-2H3,(H,20,21)(H,22,23)(H,24,25)/p-2/t10-/m0/s1. The lowest BCUT2D eigenvalue weighted by Crippen LogP contribution is -2.31. The van der Waals surface area contributed by atoms with E-state index in [4.69, 9.17) is 16.3 Å². The number of hydrogen-bond acceptors (Lipinski definition) is 6. The predicted molar refractivity (Wildman–Crippen MR) is 90.0 cm³/mol. The molecule has 0 unspecified atom stereocenters. The summed E-state index contributed by atoms with van der Waals surface area (Å²) in [6, 6.07) is 7.96. The first kappa shape index (κ1) is 19.3. The van der Waals surface area contributed by atoms with Gasteiger partial charge in [-0.05, 0) is 66.9 Å². The lowest BCUT2D eigenvalue weighted by atomic mass is 10.1. The van der Waals surface area contributed by atoms with Crippen LogP contribution in [-0.4, -0.2) is 23.9 Å². The number of aryl methyl sites for hydroxylation is 1. The van der Waals surface area contributed by atoms with Crippen molar-refractivity contribution in [2.45, 2.75) is 20.0 Å². The minimum atomic E-state index is -1.58. The van der Waals surface area contributed by atoms with Crippen LogP contribution in [0, 0.1) is 6.92 Å². The van der Waals surface area contributed by atoms with E-state index >= 15 is 0 Å². The van der Waals surface area contributed by atoms with Crippen molar-refractivity contribution in [2.75, 3.05) is 5.32 Å². The number of ether oxygens (including phenoxy) is 1. The zero-order valence-electron chi connectivity index (χ0n) is 13.9. The molecule has 0 bridgehead atoms. The van der Waals surface area contributed by atoms with Gasteiger partial charge in [-0.15, -0.1) is 0 Å². The average molecular weight is 376 g/mol. The van der Waals surface area contributed by atoms with Gasteiger partial charge in [0.2, 0.25) is 0 Å². The highest BCUT2D eigenvalue weighted by atomic mass is 35.5. The maximum absolute atomic E-state index is 12.3. The Hall–Kier alpha value is -3.06. The number of halogens is 1. The van der Waals surface area contributed by atoms with Gasteiger partial charge in [0.05, 0.1) is 11.9 Å². The fraction of sp³-hybridized carbons (Fsp3) is 0.167. The van der Waals surface area contributed by atoms with Gasteiger partial charge in [0.1, 0.15) is 5.75 Å². The van der Waals surface area contributed by atoms with Crippen molar-refractivity contribution in [1.29, 1.82) is 0 Å². The Bertz CT molecular complexity index is 848. The topological polar surface area (TPSA) is 119 Å². The molecule has 1 N–H and O–H groups in total. The van der Waals surface area contributed by atoms with Gasteiger partial charge in [0.15, 0.2) is 6.10 Å². The highest BCUT2D eigenvalue weighted by molar-refractivity contribution is 6.30. The van der Waals surface area contributed by atoms with Gasteiger partial charge >= 0.3 is 0 Å². The molecule has 0 saturated carbocycles. The maximum Gasteiger partial charge on any atom is 0.265 e. The Labute approximate surface area is 154 Å². The van der Waals surface area contributed by atoms with Crippen LogP contribution >= 0.6 is 11.6 Å². The van der Waals surface area contributed by atoms with E-state index in [0.717, 1.165) is 23.8 Å². The Morgan fingerprint density at radius 2 is 1.62 bits per heavy atom. The number of hydrogen-bond donors (Lipinski definition) is 1. The van der Waals surface area contributed by atoms with E-state index in [9.17, 15) is 24.6 Å². The van der Waals surface area contributed by atoms with Crippen LogP contribution in [0.4, 0.5) is 5.69 Å². The number of anilines is 1. The molecule has 2 rings (SSSR count). The zero-order chi connectivity index (χ0) is 19.4. The number of nitrogens with one attached hydrogen (secondary N) is 1. The molecule has 2 aromatic rings. The van der Waals surface area contributed by atoms with Crippen molar-refractivity contribution in [3.05, 3.63) is 58.1 Å². The Morgan fingerprint density at radius 3 is 2.12 bits per heavy atom. The minimum Gasteiger partial charge on any atom is -0.545 e. The lowest BCUT2D eigenvalue weighted by Gasteiger charge is -2.17. The number of amides is 1. The zero-order valence-corrected chi connectivity index (χ0v) is 14.6. The molecular formula is C18H14ClNO6-2. The number of carbonyl (C=O) groups excluding carboxylic acids is 3. The maximum atomic E-state index is 12.3. The number of rotatable bonds is 6. The van der Waals surface area contributed by atoms with E-state index in [1.807, 2.05) is 0 Å². The first-order valence-electron chi connectivity index (χ1n) is 7.49. The van der Waals surface area contributed by atoms with Crippen LogP contribution in [0.15, 0.2) is 36.4 Å². The summed E-state index contributed by atoms with van der Waals surface area (Å²) >= 11 is 5.86. The molecule has 7 nitrogen and oxygen atoms in total. The smallest absolute Gasteiger partial charge is 0.265 e. The van der Waals surface area contributed by atoms with Gasteiger partial charge in [-0.25, -0.2) is 0 Å². The summed E-state index contributed by atoms with van der Waals surface area (Å²) in [6.07, 6.45) is -0.937. The average Bonchev–Trinajstić information content (AvgIpc) is 2.56. The van der Waals surface area contributed by atoms with Crippen LogP contribution < -0.4 is 20.3 Å². The Balaban J connectivity index is 2.17. The molecule has 136 valence electrons. The summed E-state index contributed by atoms with van der Waals surface area (Å²) in [5.41, 5.74) is -0.0947. The van der Waals surface area contributed by atoms with E-state index in [2.05, 4.69) is 5.32 Å². The number of benzene rings is 2. The molecule has 0 aromatic heterocycles. The van der Waals surface area contributed by atoms with E-state index in [1.54, 1.807) is 25.1 Å². The largest absolute Gasteiger partial charge is 0.545 e. The first-order valence-corrected chi connectivity index (χ1v) is 7.86. The quantitative estimate of drug-likeness (QED) is 0.797. The number of carbonyl (C=O) groups is 3. The van der Waals surface area contributed by atoms with Crippen molar-refractivity contribution < 1.29 is 29.3 Å². The lowest BCUT2D eigenvalue weighted by molar-refractivity contribution is -0.255. The normalized spacial score (nSPS) is 11.5. The number of carboxylic acids is 2. The minimum absolute atomic E-state index is 0.0285. The highest BCUT2D eigenvalue weighted by Gasteiger charge is 2.17. The molecular weight excluding hydrogens is 362 g/mol. The van der Waals surface area contributed by atoms with Crippen molar-refractivity contribution in [3.63, 3.8) is 0 Å². The third-order valence-electron chi connectivity index (χ3n) is 3.48. The first-order chi connectivity index (χ1) is 12.2. The Morgan fingerprint density at radius 1 is 1.04 bits per heavy atom. The molecule has 0 spiro atoms. The third kappa shape index (κ3) is 4.73. The molecule has 8 heteroatoms. The SMILES string of the molecule is Cc1cc(Cl)ccc1O[C@@H](C)C(=O)Nc1cc(C(=O)[O-])cc(C(=O)[O-])c1. The van der Waals surface area contributed by atoms with Gasteiger partial charge in [0, 0.05) is 10.7 Å². The molecule has 0 heterocycles. The summed E-state index contributed by atoms with van der Waals surface area (Å²) in [5.74, 6) is -3.30. The second-order valence-electron chi connectivity index (χ2n) is 5.53. The van der Waals surface area contributed by atoms with Crippen molar-refractivity contribution >= 4 is 35.1 Å². The van der Waals surface area contributed by atoms with Gasteiger partial charge < -0.3 is 29.9 Å². The van der Waals surface area contributed by atoms with E-state index in [1.165, 1.54) is 6.92 Å². The second kappa shape index (κ2) is 7.88. The summed E-state index contributed by atoms with van der Waals surface area (Å²) in [7, 11) is 0. The molecule has 0 aliphatic carbocycles. The van der Waals surface area contributed by atoms with Crippen LogP contribution in [0.3, 0.4) is 0 Å². The van der Waals surface area contributed by atoms with Crippen LogP contribution in [0.25, 0.3) is 0 Å². The fourth-order valence-corrected chi connectivity index (χ4v) is 2.40. The van der Waals surface area contributed by atoms with Crippen molar-refractivity contribution in [2.24, 2.45) is 0 Å². The number of carboxylic acid groups (broad SMARTS) is 2. The van der Waals surface area contributed by atoms with Crippen molar-refractivity contribution in [1.82, 2.24) is 0 Å². The predicted octanol–water partition coefficient (Wildman–Crippen LogP) is 0.781. The van der Waals surface area contributed by atoms with E-state index < -0.39 is 35.1 Å². The number of aromatic carboxylic acids is 2. The molecule has 2 aromatic carbocycles. The summed E-state index contributed by atoms with van der Waals surface area (Å²) in [6.45, 7) is 3.26. The van der Waals surface area contributed by atoms with Crippen LogP contribution in [0.1, 0.15) is 33.2 Å². The molecule has 0 saturated heterocycles. The van der Waals surface area contributed by atoms with Crippen molar-refractivity contribution in [3.8, 4) is 5.75 Å². The van der Waals surface area contributed by atoms with Crippen LogP contribution in [-0.2, 0) is 4.79 Å². The highest BCUT2D eigenvalue weighted by Crippen LogP contribution is 2.23. The van der Waals surface area contributed by atoms with Crippen LogP contribution in [0.5, 0.6) is 5.75 Å². The van der Waals surface area contributed by atoms with Gasteiger partial charge in [-0.3, -0.25) is 4.79 Å². The molecule has 0 radical (unpaired) electrons. The van der Waals surface area contributed by atoms with E-state index in [0.29, 0.717) is 10.8 Å². The molecule has 0 aliphatic heterocycles. The summed E-state index contributed by atoms with van der Waals surface area (Å²) in [4.78, 5) is 34.2. The summed E-state index contributed by atoms with van der Waals surface area (Å²) < 4.78 is 5.56. The Kier molecular flexibility index (Phi) is 5.84. The fourth-order valence-electron chi connectivity index (χ4n) is 2.17. The third-order valence-corrected chi connectivity index (χ3v) is 3.72. The summed E-state index contributed by atoms with van der Waals surface area (Å²) in [5, 5.41) is 24.9. The van der Waals surface area contributed by atoms with Crippen LogP contribution in [0.2, 0.25) is 5.02 Å². The monoisotopic (exact) mass is 375 g/mol. The second-order valence-corrected chi connectivity index (χ2v) is 5.97. The molecule has 1 amide bonds. The molecule has 0 fully saturated rings. The van der Waals surface area contributed by atoms with E-state index in [-0.39, 0.29) is 5.69 Å². The molecule has 0 aliphatic rings. The van der Waals surface area contributed by atoms with Gasteiger partial charge in [-0.2, -0.15) is 0 Å².